The molecule has 0 saturated carbocycles. The SMILES string of the molecule is CCOc1ccc(C(C(=O)O)N(CC)CCO)cc1. The van der Waals surface area contributed by atoms with Crippen LogP contribution >= 0.6 is 0 Å². The Balaban J connectivity index is 2.94. The van der Waals surface area contributed by atoms with Crippen molar-refractivity contribution in [3.8, 4) is 5.75 Å². The van der Waals surface area contributed by atoms with Gasteiger partial charge in [0.05, 0.1) is 13.2 Å². The molecule has 0 aliphatic carbocycles. The molecule has 0 bridgehead atoms. The molecule has 0 saturated heterocycles. The van der Waals surface area contributed by atoms with E-state index in [-0.39, 0.29) is 6.61 Å². The fraction of sp³-hybridized carbons (Fsp3) is 0.500. The van der Waals surface area contributed by atoms with Crippen molar-refractivity contribution in [2.75, 3.05) is 26.3 Å². The van der Waals surface area contributed by atoms with E-state index in [9.17, 15) is 9.90 Å². The van der Waals surface area contributed by atoms with Gasteiger partial charge in [-0.15, -0.1) is 0 Å². The first kappa shape index (κ1) is 15.5. The van der Waals surface area contributed by atoms with Crippen LogP contribution in [0.15, 0.2) is 24.3 Å². The lowest BCUT2D eigenvalue weighted by Gasteiger charge is -2.27. The van der Waals surface area contributed by atoms with E-state index in [1.54, 1.807) is 29.2 Å². The number of benzene rings is 1. The van der Waals surface area contributed by atoms with Crippen molar-refractivity contribution in [3.63, 3.8) is 0 Å². The van der Waals surface area contributed by atoms with E-state index in [1.807, 2.05) is 13.8 Å². The molecule has 0 amide bonds. The van der Waals surface area contributed by atoms with E-state index in [0.717, 1.165) is 5.75 Å². The predicted molar refractivity (Wildman–Crippen MR) is 72.3 cm³/mol. The number of carboxylic acids is 1. The summed E-state index contributed by atoms with van der Waals surface area (Å²) in [4.78, 5) is 13.2. The summed E-state index contributed by atoms with van der Waals surface area (Å²) in [7, 11) is 0. The lowest BCUT2D eigenvalue weighted by atomic mass is 10.1. The molecule has 2 N–H and O–H groups in total. The Morgan fingerprint density at radius 1 is 1.32 bits per heavy atom. The number of aliphatic hydroxyl groups is 1. The molecule has 5 nitrogen and oxygen atoms in total. The van der Waals surface area contributed by atoms with Gasteiger partial charge in [-0.05, 0) is 31.2 Å². The number of nitrogens with zero attached hydrogens (tertiary/aromatic N) is 1. The van der Waals surface area contributed by atoms with Gasteiger partial charge in [-0.25, -0.2) is 0 Å². The molecule has 1 aromatic carbocycles. The first-order valence-corrected chi connectivity index (χ1v) is 6.44. The molecular weight excluding hydrogens is 246 g/mol. The monoisotopic (exact) mass is 267 g/mol. The molecule has 0 aromatic heterocycles. The fourth-order valence-corrected chi connectivity index (χ4v) is 2.02. The molecular formula is C14H21NO4. The smallest absolute Gasteiger partial charge is 0.325 e. The van der Waals surface area contributed by atoms with Crippen LogP contribution in [0.5, 0.6) is 5.75 Å². The number of carboxylic acid groups (broad SMARTS) is 1. The minimum absolute atomic E-state index is 0.0609. The zero-order valence-electron chi connectivity index (χ0n) is 11.4. The summed E-state index contributed by atoms with van der Waals surface area (Å²) in [5.41, 5.74) is 0.686. The molecule has 1 aromatic rings. The average Bonchev–Trinajstić information content (AvgIpc) is 2.40. The second-order valence-corrected chi connectivity index (χ2v) is 4.10. The number of aliphatic hydroxyl groups excluding tert-OH is 1. The average molecular weight is 267 g/mol. The van der Waals surface area contributed by atoms with E-state index in [4.69, 9.17) is 9.84 Å². The Hall–Kier alpha value is -1.59. The van der Waals surface area contributed by atoms with Crippen LogP contribution in [-0.4, -0.2) is 47.4 Å². The fourth-order valence-electron chi connectivity index (χ4n) is 2.02. The Kier molecular flexibility index (Phi) is 6.32. The number of hydrogen-bond donors (Lipinski definition) is 2. The maximum atomic E-state index is 11.4. The molecule has 0 aliphatic rings. The number of likely N-dealkylation sites (N-methyl/N-ethyl adjacent to an activating group) is 1. The van der Waals surface area contributed by atoms with E-state index >= 15 is 0 Å². The summed E-state index contributed by atoms with van der Waals surface area (Å²) >= 11 is 0. The van der Waals surface area contributed by atoms with Gasteiger partial charge in [0.2, 0.25) is 0 Å². The van der Waals surface area contributed by atoms with E-state index in [1.165, 1.54) is 0 Å². The van der Waals surface area contributed by atoms with Gasteiger partial charge in [0.1, 0.15) is 11.8 Å². The van der Waals surface area contributed by atoms with Crippen LogP contribution in [0.4, 0.5) is 0 Å². The third-order valence-corrected chi connectivity index (χ3v) is 2.90. The molecule has 1 rings (SSSR count). The standard InChI is InChI=1S/C14H21NO4/c1-3-15(9-10-16)13(14(17)18)11-5-7-12(8-6-11)19-4-2/h5-8,13,16H,3-4,9-10H2,1-2H3,(H,17,18). The Morgan fingerprint density at radius 2 is 1.95 bits per heavy atom. The second-order valence-electron chi connectivity index (χ2n) is 4.10. The Morgan fingerprint density at radius 3 is 2.37 bits per heavy atom. The third kappa shape index (κ3) is 4.22. The van der Waals surface area contributed by atoms with Crippen LogP contribution in [0.25, 0.3) is 0 Å². The lowest BCUT2D eigenvalue weighted by Crippen LogP contribution is -2.36. The first-order chi connectivity index (χ1) is 9.13. The van der Waals surface area contributed by atoms with Crippen molar-refractivity contribution in [1.82, 2.24) is 4.90 Å². The summed E-state index contributed by atoms with van der Waals surface area (Å²) < 4.78 is 5.33. The second kappa shape index (κ2) is 7.76. The van der Waals surface area contributed by atoms with Gasteiger partial charge in [0.15, 0.2) is 0 Å². The molecule has 0 heterocycles. The van der Waals surface area contributed by atoms with Crippen LogP contribution < -0.4 is 4.74 Å². The normalized spacial score (nSPS) is 12.4. The summed E-state index contributed by atoms with van der Waals surface area (Å²) in [6.07, 6.45) is 0. The molecule has 19 heavy (non-hydrogen) atoms. The zero-order valence-corrected chi connectivity index (χ0v) is 11.4. The third-order valence-electron chi connectivity index (χ3n) is 2.90. The summed E-state index contributed by atoms with van der Waals surface area (Å²) in [5, 5.41) is 18.4. The Bertz CT molecular complexity index is 391. The van der Waals surface area contributed by atoms with Crippen LogP contribution in [0, 0.1) is 0 Å². The molecule has 1 unspecified atom stereocenters. The quantitative estimate of drug-likeness (QED) is 0.747. The van der Waals surface area contributed by atoms with Gasteiger partial charge in [-0.3, -0.25) is 9.69 Å². The molecule has 0 spiro atoms. The minimum atomic E-state index is -0.917. The predicted octanol–water partition coefficient (Wildman–Crippen LogP) is 1.53. The molecule has 106 valence electrons. The maximum absolute atomic E-state index is 11.4. The highest BCUT2D eigenvalue weighted by molar-refractivity contribution is 5.75. The van der Waals surface area contributed by atoms with E-state index < -0.39 is 12.0 Å². The number of carbonyl (C=O) groups is 1. The van der Waals surface area contributed by atoms with Crippen LogP contribution in [0.2, 0.25) is 0 Å². The van der Waals surface area contributed by atoms with Crippen molar-refractivity contribution in [2.24, 2.45) is 0 Å². The van der Waals surface area contributed by atoms with Crippen LogP contribution in [0.3, 0.4) is 0 Å². The molecule has 0 radical (unpaired) electrons. The van der Waals surface area contributed by atoms with Crippen molar-refractivity contribution in [2.45, 2.75) is 19.9 Å². The van der Waals surface area contributed by atoms with Gasteiger partial charge >= 0.3 is 5.97 Å². The number of aliphatic carboxylic acids is 1. The summed E-state index contributed by atoms with van der Waals surface area (Å²) in [6, 6.07) is 6.30. The molecule has 0 fully saturated rings. The summed E-state index contributed by atoms with van der Waals surface area (Å²) in [6.45, 7) is 5.18. The van der Waals surface area contributed by atoms with Gasteiger partial charge in [0.25, 0.3) is 0 Å². The number of hydrogen-bond acceptors (Lipinski definition) is 4. The maximum Gasteiger partial charge on any atom is 0.325 e. The van der Waals surface area contributed by atoms with Crippen molar-refractivity contribution >= 4 is 5.97 Å². The van der Waals surface area contributed by atoms with Crippen LogP contribution in [-0.2, 0) is 4.79 Å². The molecule has 5 heteroatoms. The van der Waals surface area contributed by atoms with Gasteiger partial charge in [-0.1, -0.05) is 19.1 Å². The van der Waals surface area contributed by atoms with Crippen molar-refractivity contribution < 1.29 is 19.7 Å². The Labute approximate surface area is 113 Å². The van der Waals surface area contributed by atoms with E-state index in [2.05, 4.69) is 0 Å². The zero-order chi connectivity index (χ0) is 14.3. The highest BCUT2D eigenvalue weighted by atomic mass is 16.5. The number of ether oxygens (including phenoxy) is 1. The van der Waals surface area contributed by atoms with Gasteiger partial charge in [0, 0.05) is 6.54 Å². The van der Waals surface area contributed by atoms with Crippen molar-refractivity contribution in [1.29, 1.82) is 0 Å². The van der Waals surface area contributed by atoms with Gasteiger partial charge < -0.3 is 14.9 Å². The molecule has 0 aliphatic heterocycles. The van der Waals surface area contributed by atoms with Gasteiger partial charge in [-0.2, -0.15) is 0 Å². The molecule has 1 atom stereocenters. The largest absolute Gasteiger partial charge is 0.494 e. The lowest BCUT2D eigenvalue weighted by molar-refractivity contribution is -0.143. The topological polar surface area (TPSA) is 70.0 Å². The summed E-state index contributed by atoms with van der Waals surface area (Å²) in [5.74, 6) is -0.194. The highest BCUT2D eigenvalue weighted by Gasteiger charge is 2.25. The van der Waals surface area contributed by atoms with Crippen LogP contribution in [0.1, 0.15) is 25.5 Å². The number of rotatable bonds is 8. The highest BCUT2D eigenvalue weighted by Crippen LogP contribution is 2.23. The first-order valence-electron chi connectivity index (χ1n) is 6.44. The van der Waals surface area contributed by atoms with E-state index in [0.29, 0.717) is 25.3 Å². The van der Waals surface area contributed by atoms with Crippen molar-refractivity contribution in [3.05, 3.63) is 29.8 Å². The minimum Gasteiger partial charge on any atom is -0.494 e.